The van der Waals surface area contributed by atoms with E-state index < -0.39 is 38.8 Å². The van der Waals surface area contributed by atoms with Crippen LogP contribution in [0.2, 0.25) is 0 Å². The Morgan fingerprint density at radius 2 is 2.00 bits per heavy atom. The van der Waals surface area contributed by atoms with Gasteiger partial charge in [0.1, 0.15) is 5.76 Å². The van der Waals surface area contributed by atoms with E-state index in [1.807, 2.05) is 0 Å². The van der Waals surface area contributed by atoms with E-state index in [0.29, 0.717) is 0 Å². The second kappa shape index (κ2) is 4.21. The second-order valence-corrected chi connectivity index (χ2v) is 5.11. The average Bonchev–Trinajstić information content (AvgIpc) is 2.45. The molecule has 0 fully saturated rings. The lowest BCUT2D eigenvalue weighted by Gasteiger charge is -2.13. The Kier molecular flexibility index (Phi) is 3.42. The van der Waals surface area contributed by atoms with Gasteiger partial charge in [-0.15, -0.1) is 0 Å². The molecule has 9 heteroatoms. The molecule has 0 aromatic carbocycles. The maximum Gasteiger partial charge on any atom is 0.534 e. The molecule has 0 saturated heterocycles. The van der Waals surface area contributed by atoms with Crippen molar-refractivity contribution in [3.05, 3.63) is 11.3 Å². The number of alkyl halides is 3. The highest BCUT2D eigenvalue weighted by Crippen LogP contribution is 2.36. The highest BCUT2D eigenvalue weighted by atomic mass is 32.2. The molecule has 0 aliphatic heterocycles. The average molecular weight is 274 g/mol. The predicted octanol–water partition coefficient (Wildman–Crippen LogP) is 1.62. The number of halogens is 3. The summed E-state index contributed by atoms with van der Waals surface area (Å²) in [4.78, 5) is 10.7. The van der Waals surface area contributed by atoms with Gasteiger partial charge in [-0.1, -0.05) is 6.92 Å². The largest absolute Gasteiger partial charge is 0.534 e. The Morgan fingerprint density at radius 1 is 1.47 bits per heavy atom. The molecule has 1 N–H and O–H groups in total. The molecule has 1 aliphatic carbocycles. The van der Waals surface area contributed by atoms with Crippen LogP contribution in [0.5, 0.6) is 0 Å². The number of hydrogen-bond acceptors (Lipinski definition) is 4. The normalized spacial score (nSPS) is 21.8. The van der Waals surface area contributed by atoms with Crippen LogP contribution in [0.25, 0.3) is 0 Å². The Balaban J connectivity index is 3.10. The van der Waals surface area contributed by atoms with Gasteiger partial charge >= 0.3 is 21.6 Å². The zero-order valence-corrected chi connectivity index (χ0v) is 9.43. The van der Waals surface area contributed by atoms with Gasteiger partial charge in [0.15, 0.2) is 0 Å². The highest BCUT2D eigenvalue weighted by Gasteiger charge is 2.50. The van der Waals surface area contributed by atoms with E-state index in [4.69, 9.17) is 5.11 Å². The van der Waals surface area contributed by atoms with Crippen molar-refractivity contribution in [2.45, 2.75) is 25.3 Å². The number of carboxylic acids is 1. The van der Waals surface area contributed by atoms with E-state index in [1.165, 1.54) is 6.92 Å². The zero-order chi connectivity index (χ0) is 13.4. The monoisotopic (exact) mass is 274 g/mol. The first kappa shape index (κ1) is 13.8. The topological polar surface area (TPSA) is 80.7 Å². The van der Waals surface area contributed by atoms with Crippen LogP contribution >= 0.6 is 0 Å². The quantitative estimate of drug-likeness (QED) is 0.624. The molecule has 0 saturated carbocycles. The second-order valence-electron chi connectivity index (χ2n) is 3.57. The minimum absolute atomic E-state index is 0.0147. The number of rotatable bonds is 3. The summed E-state index contributed by atoms with van der Waals surface area (Å²) in [7, 11) is -5.80. The number of carboxylic acid groups (broad SMARTS) is 1. The summed E-state index contributed by atoms with van der Waals surface area (Å²) in [6.45, 7) is 1.40. The molecule has 0 bridgehead atoms. The third-order valence-corrected chi connectivity index (χ3v) is 3.28. The van der Waals surface area contributed by atoms with E-state index >= 15 is 0 Å². The summed E-state index contributed by atoms with van der Waals surface area (Å²) < 4.78 is 61.6. The van der Waals surface area contributed by atoms with Gasteiger partial charge in [0, 0.05) is 5.92 Å². The van der Waals surface area contributed by atoms with E-state index in [9.17, 15) is 26.4 Å². The van der Waals surface area contributed by atoms with Crippen molar-refractivity contribution in [3.63, 3.8) is 0 Å². The van der Waals surface area contributed by atoms with E-state index in [-0.39, 0.29) is 12.8 Å². The standard InChI is InChI=1S/C8H9F3O5S/c1-4-2-3-5(7(12)13)6(4)16-17(14,15)8(9,10)11/h4H,2-3H2,1H3,(H,12,13). The van der Waals surface area contributed by atoms with Crippen LogP contribution in [-0.4, -0.2) is 25.0 Å². The van der Waals surface area contributed by atoms with Crippen LogP contribution in [0.4, 0.5) is 13.2 Å². The van der Waals surface area contributed by atoms with Crippen molar-refractivity contribution in [2.75, 3.05) is 0 Å². The number of aliphatic carboxylic acids is 1. The van der Waals surface area contributed by atoms with Gasteiger partial charge in [-0.3, -0.25) is 0 Å². The summed E-state index contributed by atoms with van der Waals surface area (Å²) in [5, 5.41) is 8.69. The Bertz CT molecular complexity index is 462. The molecule has 1 aliphatic rings. The van der Waals surface area contributed by atoms with Crippen LogP contribution < -0.4 is 0 Å². The first-order chi connectivity index (χ1) is 7.56. The van der Waals surface area contributed by atoms with Crippen LogP contribution in [0.1, 0.15) is 19.8 Å². The molecule has 1 rings (SSSR count). The molecule has 0 aromatic heterocycles. The molecular weight excluding hydrogens is 265 g/mol. The molecule has 0 aromatic rings. The van der Waals surface area contributed by atoms with Gasteiger partial charge in [0.2, 0.25) is 0 Å². The van der Waals surface area contributed by atoms with Gasteiger partial charge in [0.05, 0.1) is 5.57 Å². The van der Waals surface area contributed by atoms with Crippen LogP contribution in [0.15, 0.2) is 11.3 Å². The van der Waals surface area contributed by atoms with Crippen LogP contribution in [-0.2, 0) is 19.1 Å². The molecule has 0 heterocycles. The fraction of sp³-hybridized carbons (Fsp3) is 0.625. The van der Waals surface area contributed by atoms with Gasteiger partial charge in [0.25, 0.3) is 0 Å². The molecule has 17 heavy (non-hydrogen) atoms. The lowest BCUT2D eigenvalue weighted by atomic mass is 10.1. The molecule has 1 atom stereocenters. The maximum atomic E-state index is 12.1. The van der Waals surface area contributed by atoms with Crippen molar-refractivity contribution in [2.24, 2.45) is 5.92 Å². The van der Waals surface area contributed by atoms with E-state index in [2.05, 4.69) is 4.18 Å². The SMILES string of the molecule is CC1CCC(C(=O)O)=C1OS(=O)(=O)C(F)(F)F. The van der Waals surface area contributed by atoms with Crippen molar-refractivity contribution >= 4 is 16.1 Å². The van der Waals surface area contributed by atoms with Crippen LogP contribution in [0, 0.1) is 5.92 Å². The van der Waals surface area contributed by atoms with Gasteiger partial charge in [-0.2, -0.15) is 21.6 Å². The van der Waals surface area contributed by atoms with Crippen LogP contribution in [0.3, 0.4) is 0 Å². The lowest BCUT2D eigenvalue weighted by Crippen LogP contribution is -2.26. The number of allylic oxidation sites excluding steroid dienone is 1. The van der Waals surface area contributed by atoms with E-state index in [1.54, 1.807) is 0 Å². The maximum absolute atomic E-state index is 12.1. The molecule has 0 spiro atoms. The smallest absolute Gasteiger partial charge is 0.478 e. The van der Waals surface area contributed by atoms with Crippen molar-refractivity contribution in [3.8, 4) is 0 Å². The van der Waals surface area contributed by atoms with Gasteiger partial charge in [-0.25, -0.2) is 4.79 Å². The molecule has 0 radical (unpaired) electrons. The summed E-state index contributed by atoms with van der Waals surface area (Å²) in [5.74, 6) is -2.77. The Labute approximate surface area is 95.0 Å². The predicted molar refractivity (Wildman–Crippen MR) is 49.1 cm³/mol. The summed E-state index contributed by atoms with van der Waals surface area (Å²) in [5.41, 5.74) is -5.99. The molecule has 1 unspecified atom stereocenters. The van der Waals surface area contributed by atoms with Crippen molar-refractivity contribution in [1.29, 1.82) is 0 Å². The highest BCUT2D eigenvalue weighted by molar-refractivity contribution is 7.87. The van der Waals surface area contributed by atoms with E-state index in [0.717, 1.165) is 0 Å². The van der Waals surface area contributed by atoms with Crippen molar-refractivity contribution < 1.29 is 35.7 Å². The third-order valence-electron chi connectivity index (χ3n) is 2.31. The van der Waals surface area contributed by atoms with Crippen molar-refractivity contribution in [1.82, 2.24) is 0 Å². The Hall–Kier alpha value is -1.25. The summed E-state index contributed by atoms with van der Waals surface area (Å²) in [6.07, 6.45) is 0.226. The first-order valence-corrected chi connectivity index (χ1v) is 5.94. The minimum atomic E-state index is -5.80. The Morgan fingerprint density at radius 3 is 2.41 bits per heavy atom. The first-order valence-electron chi connectivity index (χ1n) is 4.53. The fourth-order valence-electron chi connectivity index (χ4n) is 1.42. The van der Waals surface area contributed by atoms with Gasteiger partial charge in [-0.05, 0) is 12.8 Å². The fourth-order valence-corrected chi connectivity index (χ4v) is 2.02. The van der Waals surface area contributed by atoms with Gasteiger partial charge < -0.3 is 9.29 Å². The third kappa shape index (κ3) is 2.71. The zero-order valence-electron chi connectivity index (χ0n) is 8.61. The number of hydrogen-bond donors (Lipinski definition) is 1. The summed E-state index contributed by atoms with van der Waals surface area (Å²) in [6, 6.07) is 0. The number of carbonyl (C=O) groups is 1. The summed E-state index contributed by atoms with van der Waals surface area (Å²) >= 11 is 0. The molecule has 98 valence electrons. The minimum Gasteiger partial charge on any atom is -0.478 e. The molecular formula is C8H9F3O5S. The lowest BCUT2D eigenvalue weighted by molar-refractivity contribution is -0.132. The molecule has 0 amide bonds. The molecule has 5 nitrogen and oxygen atoms in total.